The summed E-state index contributed by atoms with van der Waals surface area (Å²) in [5.41, 5.74) is 0.733. The number of nitrogens with one attached hydrogen (secondary N) is 1. The number of benzene rings is 2. The summed E-state index contributed by atoms with van der Waals surface area (Å²) in [5, 5.41) is 3.54. The van der Waals surface area contributed by atoms with Crippen LogP contribution in [0.4, 0.5) is 5.69 Å². The van der Waals surface area contributed by atoms with E-state index in [9.17, 15) is 4.79 Å². The Balaban J connectivity index is 1.72. The molecule has 2 rings (SSSR count). The van der Waals surface area contributed by atoms with Gasteiger partial charge in [0.1, 0.15) is 11.5 Å². The zero-order valence-electron chi connectivity index (χ0n) is 13.9. The number of carbonyl (C=O) groups excluding carboxylic acids is 1. The van der Waals surface area contributed by atoms with Crippen molar-refractivity contribution in [1.82, 2.24) is 0 Å². The van der Waals surface area contributed by atoms with Crippen molar-refractivity contribution >= 4 is 23.2 Å². The number of hydrogen-bond acceptors (Lipinski definition) is 3. The minimum Gasteiger partial charge on any atom is -0.494 e. The van der Waals surface area contributed by atoms with Crippen LogP contribution in [0.1, 0.15) is 26.7 Å². The van der Waals surface area contributed by atoms with Gasteiger partial charge in [0.2, 0.25) is 5.91 Å². The summed E-state index contributed by atoms with van der Waals surface area (Å²) in [6.07, 6.45) is 1.13. The third-order valence-electron chi connectivity index (χ3n) is 3.12. The number of anilines is 1. The quantitative estimate of drug-likeness (QED) is 0.689. The molecule has 0 aromatic heterocycles. The van der Waals surface area contributed by atoms with Gasteiger partial charge < -0.3 is 14.8 Å². The number of ether oxygens (including phenoxy) is 2. The Kier molecular flexibility index (Phi) is 6.94. The average molecular weight is 348 g/mol. The number of hydrogen-bond donors (Lipinski definition) is 1. The number of halogens is 1. The SMILES string of the molecule is CC(C)Oc1cccc(NC(=O)CCCOc2ccc(Cl)cc2)c1. The first kappa shape index (κ1) is 18.1. The van der Waals surface area contributed by atoms with Crippen molar-refractivity contribution in [1.29, 1.82) is 0 Å². The van der Waals surface area contributed by atoms with Crippen LogP contribution in [0, 0.1) is 0 Å². The smallest absolute Gasteiger partial charge is 0.224 e. The third-order valence-corrected chi connectivity index (χ3v) is 3.37. The number of amides is 1. The molecule has 0 fully saturated rings. The molecule has 1 amide bonds. The minimum atomic E-state index is -0.0450. The Bertz CT molecular complexity index is 656. The van der Waals surface area contributed by atoms with Crippen molar-refractivity contribution in [3.63, 3.8) is 0 Å². The van der Waals surface area contributed by atoms with E-state index in [4.69, 9.17) is 21.1 Å². The summed E-state index contributed by atoms with van der Waals surface area (Å²) in [5.74, 6) is 1.45. The topological polar surface area (TPSA) is 47.6 Å². The normalized spacial score (nSPS) is 10.5. The molecule has 0 saturated heterocycles. The van der Waals surface area contributed by atoms with Gasteiger partial charge in [0.05, 0.1) is 12.7 Å². The molecule has 0 aliphatic carbocycles. The van der Waals surface area contributed by atoms with Crippen LogP contribution in [0.2, 0.25) is 5.02 Å². The lowest BCUT2D eigenvalue weighted by Crippen LogP contribution is -2.13. The van der Waals surface area contributed by atoms with Gasteiger partial charge in [-0.05, 0) is 56.7 Å². The molecule has 0 spiro atoms. The summed E-state index contributed by atoms with van der Waals surface area (Å²) in [6.45, 7) is 4.41. The van der Waals surface area contributed by atoms with Crippen molar-refractivity contribution in [2.24, 2.45) is 0 Å². The predicted molar refractivity (Wildman–Crippen MR) is 97.0 cm³/mol. The molecule has 128 valence electrons. The Labute approximate surface area is 147 Å². The maximum atomic E-state index is 12.0. The van der Waals surface area contributed by atoms with Crippen LogP contribution in [0.5, 0.6) is 11.5 Å². The second kappa shape index (κ2) is 9.18. The largest absolute Gasteiger partial charge is 0.494 e. The molecule has 0 aliphatic heterocycles. The van der Waals surface area contributed by atoms with Crippen molar-refractivity contribution in [2.45, 2.75) is 32.8 Å². The van der Waals surface area contributed by atoms with Crippen LogP contribution >= 0.6 is 11.6 Å². The Hall–Kier alpha value is -2.20. The highest BCUT2D eigenvalue weighted by Gasteiger charge is 2.05. The zero-order chi connectivity index (χ0) is 17.4. The molecular weight excluding hydrogens is 326 g/mol. The molecule has 0 aliphatic rings. The molecule has 0 bridgehead atoms. The minimum absolute atomic E-state index is 0.0450. The van der Waals surface area contributed by atoms with E-state index in [1.165, 1.54) is 0 Å². The first-order valence-corrected chi connectivity index (χ1v) is 8.35. The van der Waals surface area contributed by atoms with Gasteiger partial charge >= 0.3 is 0 Å². The van der Waals surface area contributed by atoms with Crippen molar-refractivity contribution < 1.29 is 14.3 Å². The first-order chi connectivity index (χ1) is 11.5. The molecule has 0 atom stereocenters. The van der Waals surface area contributed by atoms with Gasteiger partial charge in [-0.15, -0.1) is 0 Å². The molecule has 4 nitrogen and oxygen atoms in total. The summed E-state index contributed by atoms with van der Waals surface area (Å²) < 4.78 is 11.2. The van der Waals surface area contributed by atoms with E-state index >= 15 is 0 Å². The fourth-order valence-corrected chi connectivity index (χ4v) is 2.22. The fraction of sp³-hybridized carbons (Fsp3) is 0.316. The molecule has 24 heavy (non-hydrogen) atoms. The number of carbonyl (C=O) groups is 1. The van der Waals surface area contributed by atoms with Crippen molar-refractivity contribution in [3.8, 4) is 11.5 Å². The van der Waals surface area contributed by atoms with Gasteiger partial charge in [0.25, 0.3) is 0 Å². The Morgan fingerprint density at radius 3 is 2.58 bits per heavy atom. The van der Waals surface area contributed by atoms with E-state index < -0.39 is 0 Å². The molecule has 2 aromatic carbocycles. The Morgan fingerprint density at radius 1 is 1.12 bits per heavy atom. The Morgan fingerprint density at radius 2 is 1.88 bits per heavy atom. The van der Waals surface area contributed by atoms with E-state index in [1.807, 2.05) is 50.2 Å². The second-order valence-electron chi connectivity index (χ2n) is 5.65. The first-order valence-electron chi connectivity index (χ1n) is 7.98. The van der Waals surface area contributed by atoms with Crippen LogP contribution in [-0.4, -0.2) is 18.6 Å². The fourth-order valence-electron chi connectivity index (χ4n) is 2.10. The molecule has 5 heteroatoms. The molecule has 0 radical (unpaired) electrons. The summed E-state index contributed by atoms with van der Waals surface area (Å²) >= 11 is 5.81. The van der Waals surface area contributed by atoms with E-state index in [0.29, 0.717) is 24.5 Å². The molecule has 2 aromatic rings. The van der Waals surface area contributed by atoms with Gasteiger partial charge in [-0.25, -0.2) is 0 Å². The lowest BCUT2D eigenvalue weighted by molar-refractivity contribution is -0.116. The van der Waals surface area contributed by atoms with Crippen molar-refractivity contribution in [2.75, 3.05) is 11.9 Å². The highest BCUT2D eigenvalue weighted by atomic mass is 35.5. The average Bonchev–Trinajstić information content (AvgIpc) is 2.53. The zero-order valence-corrected chi connectivity index (χ0v) is 14.7. The molecule has 0 unspecified atom stereocenters. The molecule has 0 saturated carbocycles. The third kappa shape index (κ3) is 6.50. The van der Waals surface area contributed by atoms with E-state index in [0.717, 1.165) is 17.2 Å². The maximum absolute atomic E-state index is 12.0. The van der Waals surface area contributed by atoms with Crippen molar-refractivity contribution in [3.05, 3.63) is 53.6 Å². The van der Waals surface area contributed by atoms with Gasteiger partial charge in [-0.1, -0.05) is 17.7 Å². The van der Waals surface area contributed by atoms with Gasteiger partial charge in [0, 0.05) is 23.2 Å². The highest BCUT2D eigenvalue weighted by molar-refractivity contribution is 6.30. The van der Waals surface area contributed by atoms with Crippen LogP contribution < -0.4 is 14.8 Å². The van der Waals surface area contributed by atoms with Gasteiger partial charge in [0.15, 0.2) is 0 Å². The summed E-state index contributed by atoms with van der Waals surface area (Å²) in [4.78, 5) is 12.0. The number of rotatable bonds is 8. The summed E-state index contributed by atoms with van der Waals surface area (Å²) in [7, 11) is 0. The van der Waals surface area contributed by atoms with E-state index in [-0.39, 0.29) is 12.0 Å². The summed E-state index contributed by atoms with van der Waals surface area (Å²) in [6, 6.07) is 14.6. The monoisotopic (exact) mass is 347 g/mol. The predicted octanol–water partition coefficient (Wildman–Crippen LogP) is 4.92. The molecule has 1 N–H and O–H groups in total. The maximum Gasteiger partial charge on any atom is 0.224 e. The van der Waals surface area contributed by atoms with E-state index in [2.05, 4.69) is 5.32 Å². The van der Waals surface area contributed by atoms with Crippen LogP contribution in [-0.2, 0) is 4.79 Å². The van der Waals surface area contributed by atoms with Crippen LogP contribution in [0.3, 0.4) is 0 Å². The standard InChI is InChI=1S/C19H22ClNO3/c1-14(2)24-18-6-3-5-16(13-18)21-19(22)7-4-12-23-17-10-8-15(20)9-11-17/h3,5-6,8-11,13-14H,4,7,12H2,1-2H3,(H,21,22). The van der Waals surface area contributed by atoms with Gasteiger partial charge in [-0.3, -0.25) is 4.79 Å². The second-order valence-corrected chi connectivity index (χ2v) is 6.08. The van der Waals surface area contributed by atoms with Gasteiger partial charge in [-0.2, -0.15) is 0 Å². The van der Waals surface area contributed by atoms with Crippen LogP contribution in [0.15, 0.2) is 48.5 Å². The highest BCUT2D eigenvalue weighted by Crippen LogP contribution is 2.19. The van der Waals surface area contributed by atoms with Crippen LogP contribution in [0.25, 0.3) is 0 Å². The van der Waals surface area contributed by atoms with E-state index in [1.54, 1.807) is 12.1 Å². The molecular formula is C19H22ClNO3. The molecule has 0 heterocycles. The lowest BCUT2D eigenvalue weighted by atomic mass is 10.2. The lowest BCUT2D eigenvalue weighted by Gasteiger charge is -2.11.